The van der Waals surface area contributed by atoms with Gasteiger partial charge in [0.1, 0.15) is 11.6 Å². The van der Waals surface area contributed by atoms with Crippen LogP contribution in [0.4, 0.5) is 20.7 Å². The lowest BCUT2D eigenvalue weighted by molar-refractivity contribution is 0.262. The second-order valence-electron chi connectivity index (χ2n) is 6.67. The first-order valence-corrected chi connectivity index (χ1v) is 8.90. The van der Waals surface area contributed by atoms with Gasteiger partial charge in [-0.3, -0.25) is 5.32 Å². The fourth-order valence-electron chi connectivity index (χ4n) is 2.90. The number of aromatic nitrogens is 2. The fraction of sp³-hybridized carbons (Fsp3) is 0.158. The van der Waals surface area contributed by atoms with Crippen LogP contribution in [0.2, 0.25) is 0 Å². The third-order valence-electron chi connectivity index (χ3n) is 4.51. The Balaban J connectivity index is 1.55. The molecule has 1 saturated carbocycles. The zero-order chi connectivity index (χ0) is 19.7. The maximum Gasteiger partial charge on any atom is 0.488 e. The van der Waals surface area contributed by atoms with Gasteiger partial charge < -0.3 is 15.4 Å². The summed E-state index contributed by atoms with van der Waals surface area (Å²) in [6.45, 7) is 0. The van der Waals surface area contributed by atoms with Gasteiger partial charge in [-0.2, -0.15) is 5.10 Å². The molecule has 2 aromatic carbocycles. The van der Waals surface area contributed by atoms with Crippen LogP contribution in [0.5, 0.6) is 0 Å². The van der Waals surface area contributed by atoms with E-state index in [0.29, 0.717) is 11.7 Å². The Morgan fingerprint density at radius 3 is 2.50 bits per heavy atom. The van der Waals surface area contributed by atoms with Crippen LogP contribution in [0.25, 0.3) is 5.69 Å². The number of amides is 2. The quantitative estimate of drug-likeness (QED) is 0.510. The highest BCUT2D eigenvalue weighted by molar-refractivity contribution is 6.58. The molecule has 0 atom stereocenters. The van der Waals surface area contributed by atoms with Crippen molar-refractivity contribution >= 4 is 30.1 Å². The predicted molar refractivity (Wildman–Crippen MR) is 104 cm³/mol. The summed E-state index contributed by atoms with van der Waals surface area (Å²) in [4.78, 5) is 12.4. The molecule has 142 valence electrons. The van der Waals surface area contributed by atoms with Gasteiger partial charge in [0, 0.05) is 12.0 Å². The fourth-order valence-corrected chi connectivity index (χ4v) is 2.90. The smallest absolute Gasteiger partial charge is 0.423 e. The molecule has 1 heterocycles. The third-order valence-corrected chi connectivity index (χ3v) is 4.51. The highest BCUT2D eigenvalue weighted by Crippen LogP contribution is 2.40. The average Bonchev–Trinajstić information content (AvgIpc) is 3.45. The van der Waals surface area contributed by atoms with Crippen molar-refractivity contribution in [1.82, 2.24) is 9.78 Å². The average molecular weight is 380 g/mol. The van der Waals surface area contributed by atoms with E-state index >= 15 is 0 Å². The first kappa shape index (κ1) is 18.2. The van der Waals surface area contributed by atoms with Crippen molar-refractivity contribution in [3.8, 4) is 5.69 Å². The van der Waals surface area contributed by atoms with E-state index in [1.807, 2.05) is 36.4 Å². The van der Waals surface area contributed by atoms with Crippen LogP contribution < -0.4 is 16.1 Å². The van der Waals surface area contributed by atoms with Crippen LogP contribution >= 0.6 is 0 Å². The summed E-state index contributed by atoms with van der Waals surface area (Å²) >= 11 is 0. The second-order valence-corrected chi connectivity index (χ2v) is 6.67. The van der Waals surface area contributed by atoms with Crippen molar-refractivity contribution in [2.75, 3.05) is 10.6 Å². The maximum absolute atomic E-state index is 14.1. The van der Waals surface area contributed by atoms with E-state index in [0.717, 1.165) is 30.3 Å². The van der Waals surface area contributed by atoms with Crippen molar-refractivity contribution in [3.63, 3.8) is 0 Å². The van der Waals surface area contributed by atoms with Gasteiger partial charge >= 0.3 is 13.1 Å². The molecule has 0 unspecified atom stereocenters. The number of hydrogen-bond donors (Lipinski definition) is 4. The van der Waals surface area contributed by atoms with Crippen molar-refractivity contribution in [1.29, 1.82) is 0 Å². The van der Waals surface area contributed by atoms with E-state index in [1.165, 1.54) is 12.1 Å². The number of carbonyl (C=O) groups is 1. The van der Waals surface area contributed by atoms with Crippen LogP contribution in [0.15, 0.2) is 54.6 Å². The largest absolute Gasteiger partial charge is 0.488 e. The normalized spacial score (nSPS) is 13.2. The summed E-state index contributed by atoms with van der Waals surface area (Å²) in [6, 6.07) is 14.2. The molecule has 2 amide bonds. The minimum atomic E-state index is -1.78. The molecule has 3 aromatic rings. The molecule has 4 N–H and O–H groups in total. The molecule has 9 heteroatoms. The summed E-state index contributed by atoms with van der Waals surface area (Å²) in [5, 5.41) is 27.9. The molecule has 0 saturated heterocycles. The molecule has 1 fully saturated rings. The number of rotatable bonds is 5. The third kappa shape index (κ3) is 3.90. The van der Waals surface area contributed by atoms with E-state index in [4.69, 9.17) is 10.0 Å². The maximum atomic E-state index is 14.1. The van der Waals surface area contributed by atoms with Crippen LogP contribution in [-0.4, -0.2) is 33.0 Å². The van der Waals surface area contributed by atoms with Gasteiger partial charge in [-0.15, -0.1) is 0 Å². The Hall–Kier alpha value is -3.17. The number of halogens is 1. The Bertz CT molecular complexity index is 1010. The summed E-state index contributed by atoms with van der Waals surface area (Å²) in [5.74, 6) is 0.118. The number of benzene rings is 2. The molecule has 1 aromatic heterocycles. The molecular weight excluding hydrogens is 362 g/mol. The van der Waals surface area contributed by atoms with E-state index in [2.05, 4.69) is 15.7 Å². The number of nitrogens with zero attached hydrogens (tertiary/aromatic N) is 2. The van der Waals surface area contributed by atoms with Crippen LogP contribution in [-0.2, 0) is 0 Å². The first-order chi connectivity index (χ1) is 13.5. The molecule has 0 spiro atoms. The Labute approximate surface area is 161 Å². The van der Waals surface area contributed by atoms with Gasteiger partial charge in [-0.1, -0.05) is 24.3 Å². The lowest BCUT2D eigenvalue weighted by atomic mass is 9.80. The van der Waals surface area contributed by atoms with Crippen molar-refractivity contribution < 1.29 is 19.2 Å². The van der Waals surface area contributed by atoms with Gasteiger partial charge in [-0.25, -0.2) is 13.9 Å². The minimum absolute atomic E-state index is 0.000289. The van der Waals surface area contributed by atoms with Crippen molar-refractivity contribution in [2.45, 2.75) is 18.8 Å². The highest BCUT2D eigenvalue weighted by atomic mass is 19.1. The number of anilines is 2. The monoisotopic (exact) mass is 380 g/mol. The first-order valence-electron chi connectivity index (χ1n) is 8.90. The van der Waals surface area contributed by atoms with Gasteiger partial charge in [0.15, 0.2) is 0 Å². The van der Waals surface area contributed by atoms with Gasteiger partial charge in [0.25, 0.3) is 0 Å². The lowest BCUT2D eigenvalue weighted by Gasteiger charge is -2.11. The van der Waals surface area contributed by atoms with Crippen LogP contribution in [0.3, 0.4) is 0 Å². The van der Waals surface area contributed by atoms with E-state index in [1.54, 1.807) is 4.68 Å². The standard InChI is InChI=1S/C19H18BFN4O3/c21-15-10-13(20(27)28)8-9-16(15)22-19(26)23-18-11-17(12-6-7-12)24-25(18)14-4-2-1-3-5-14/h1-5,8-12,27-28H,6-7H2,(H2,22,23,26). The van der Waals surface area contributed by atoms with Crippen molar-refractivity contribution in [3.05, 3.63) is 66.1 Å². The number of nitrogens with one attached hydrogen (secondary N) is 2. The Kier molecular flexibility index (Phi) is 4.85. The summed E-state index contributed by atoms with van der Waals surface area (Å²) in [5.41, 5.74) is 1.64. The minimum Gasteiger partial charge on any atom is -0.423 e. The molecule has 4 rings (SSSR count). The lowest BCUT2D eigenvalue weighted by Crippen LogP contribution is -2.30. The summed E-state index contributed by atoms with van der Waals surface area (Å²) in [7, 11) is -1.78. The molecular formula is C19H18BFN4O3. The molecule has 1 aliphatic rings. The summed E-state index contributed by atoms with van der Waals surface area (Å²) in [6.07, 6.45) is 2.15. The molecule has 0 aliphatic heterocycles. The number of hydrogen-bond acceptors (Lipinski definition) is 4. The zero-order valence-electron chi connectivity index (χ0n) is 14.8. The zero-order valence-corrected chi connectivity index (χ0v) is 14.8. The molecule has 28 heavy (non-hydrogen) atoms. The Morgan fingerprint density at radius 1 is 1.11 bits per heavy atom. The molecule has 0 radical (unpaired) electrons. The van der Waals surface area contributed by atoms with E-state index in [9.17, 15) is 9.18 Å². The van der Waals surface area contributed by atoms with E-state index < -0.39 is 19.0 Å². The van der Waals surface area contributed by atoms with Crippen LogP contribution in [0, 0.1) is 5.82 Å². The predicted octanol–water partition coefficient (Wildman–Crippen LogP) is 2.21. The van der Waals surface area contributed by atoms with Gasteiger partial charge in [0.2, 0.25) is 0 Å². The topological polar surface area (TPSA) is 99.4 Å². The molecule has 0 bridgehead atoms. The number of para-hydroxylation sites is 1. The Morgan fingerprint density at radius 2 is 1.86 bits per heavy atom. The van der Waals surface area contributed by atoms with Gasteiger partial charge in [0.05, 0.1) is 17.1 Å². The number of urea groups is 1. The second kappa shape index (κ2) is 7.45. The molecule has 1 aliphatic carbocycles. The molecule has 7 nitrogen and oxygen atoms in total. The summed E-state index contributed by atoms with van der Waals surface area (Å²) < 4.78 is 15.7. The van der Waals surface area contributed by atoms with Crippen LogP contribution in [0.1, 0.15) is 24.5 Å². The van der Waals surface area contributed by atoms with Gasteiger partial charge in [-0.05, 0) is 42.6 Å². The highest BCUT2D eigenvalue weighted by Gasteiger charge is 2.28. The van der Waals surface area contributed by atoms with Crippen molar-refractivity contribution in [2.24, 2.45) is 0 Å². The SMILES string of the molecule is O=C(Nc1ccc(B(O)O)cc1F)Nc1cc(C2CC2)nn1-c1ccccc1. The number of carbonyl (C=O) groups excluding carboxylic acids is 1. The van der Waals surface area contributed by atoms with E-state index in [-0.39, 0.29) is 11.2 Å².